The number of aryl methyl sites for hydroxylation is 2. The second-order valence-corrected chi connectivity index (χ2v) is 6.26. The van der Waals surface area contributed by atoms with Crippen molar-refractivity contribution >= 4 is 12.2 Å². The maximum Gasteiger partial charge on any atom is 0.125 e. The van der Waals surface area contributed by atoms with Crippen LogP contribution in [0.3, 0.4) is 0 Å². The number of benzene rings is 2. The molecule has 25 heavy (non-hydrogen) atoms. The molecule has 0 bridgehead atoms. The SMILES string of the molecule is Cc1ccccc1/C=C/c1cc(CN(CCO)CCO)cc(C)c1O. The molecule has 0 saturated carbocycles. The van der Waals surface area contributed by atoms with Gasteiger partial charge in [-0.25, -0.2) is 0 Å². The lowest BCUT2D eigenvalue weighted by atomic mass is 10.0. The van der Waals surface area contributed by atoms with Crippen LogP contribution in [0.2, 0.25) is 0 Å². The van der Waals surface area contributed by atoms with Gasteiger partial charge in [0, 0.05) is 25.2 Å². The van der Waals surface area contributed by atoms with Crippen molar-refractivity contribution in [3.05, 3.63) is 64.2 Å². The molecule has 4 heteroatoms. The first-order chi connectivity index (χ1) is 12.0. The fourth-order valence-electron chi connectivity index (χ4n) is 2.87. The van der Waals surface area contributed by atoms with Gasteiger partial charge in [0.2, 0.25) is 0 Å². The van der Waals surface area contributed by atoms with E-state index in [1.54, 1.807) is 0 Å². The monoisotopic (exact) mass is 341 g/mol. The van der Waals surface area contributed by atoms with Crippen molar-refractivity contribution < 1.29 is 15.3 Å². The normalized spacial score (nSPS) is 11.6. The Hall–Kier alpha value is -2.14. The Bertz CT molecular complexity index is 719. The minimum atomic E-state index is 0.0527. The first-order valence-corrected chi connectivity index (χ1v) is 8.55. The quantitative estimate of drug-likeness (QED) is 0.646. The third-order valence-corrected chi connectivity index (χ3v) is 4.26. The van der Waals surface area contributed by atoms with Crippen molar-refractivity contribution in [3.8, 4) is 5.75 Å². The molecular weight excluding hydrogens is 314 g/mol. The van der Waals surface area contributed by atoms with E-state index in [1.165, 1.54) is 5.56 Å². The topological polar surface area (TPSA) is 63.9 Å². The van der Waals surface area contributed by atoms with E-state index in [4.69, 9.17) is 10.2 Å². The minimum Gasteiger partial charge on any atom is -0.507 e. The summed E-state index contributed by atoms with van der Waals surface area (Å²) in [6, 6.07) is 12.0. The van der Waals surface area contributed by atoms with Gasteiger partial charge in [0.15, 0.2) is 0 Å². The van der Waals surface area contributed by atoms with Crippen LogP contribution in [0, 0.1) is 13.8 Å². The fraction of sp³-hybridized carbons (Fsp3) is 0.333. The summed E-state index contributed by atoms with van der Waals surface area (Å²) < 4.78 is 0. The summed E-state index contributed by atoms with van der Waals surface area (Å²) in [5.41, 5.74) is 4.93. The third-order valence-electron chi connectivity index (χ3n) is 4.26. The van der Waals surface area contributed by atoms with E-state index in [1.807, 2.05) is 54.3 Å². The molecule has 0 unspecified atom stereocenters. The van der Waals surface area contributed by atoms with Crippen LogP contribution in [0.5, 0.6) is 5.75 Å². The summed E-state index contributed by atoms with van der Waals surface area (Å²) in [4.78, 5) is 1.99. The van der Waals surface area contributed by atoms with E-state index < -0.39 is 0 Å². The standard InChI is InChI=1S/C21H27NO3/c1-16-5-3-4-6-19(16)7-8-20-14-18(13-17(2)21(20)25)15-22(9-11-23)10-12-24/h3-8,13-14,23-25H,9-12,15H2,1-2H3/b8-7+. The Kier molecular flexibility index (Phi) is 7.19. The van der Waals surface area contributed by atoms with Crippen LogP contribution in [-0.2, 0) is 6.54 Å². The van der Waals surface area contributed by atoms with E-state index >= 15 is 0 Å². The first kappa shape index (κ1) is 19.2. The number of phenolic OH excluding ortho intramolecular Hbond substituents is 1. The van der Waals surface area contributed by atoms with Crippen molar-refractivity contribution in [3.63, 3.8) is 0 Å². The van der Waals surface area contributed by atoms with E-state index in [0.29, 0.717) is 19.6 Å². The molecule has 0 radical (unpaired) electrons. The summed E-state index contributed by atoms with van der Waals surface area (Å²) in [6.45, 7) is 5.68. The molecule has 2 aromatic rings. The zero-order valence-corrected chi connectivity index (χ0v) is 14.9. The number of hydrogen-bond acceptors (Lipinski definition) is 4. The van der Waals surface area contributed by atoms with Gasteiger partial charge in [-0.2, -0.15) is 0 Å². The van der Waals surface area contributed by atoms with Crippen LogP contribution in [0.15, 0.2) is 36.4 Å². The lowest BCUT2D eigenvalue weighted by Gasteiger charge is -2.21. The maximum atomic E-state index is 10.4. The van der Waals surface area contributed by atoms with Gasteiger partial charge in [-0.3, -0.25) is 4.90 Å². The van der Waals surface area contributed by atoms with Crippen LogP contribution in [-0.4, -0.2) is 46.5 Å². The zero-order chi connectivity index (χ0) is 18.2. The van der Waals surface area contributed by atoms with Crippen molar-refractivity contribution in [1.82, 2.24) is 4.90 Å². The molecule has 2 rings (SSSR count). The highest BCUT2D eigenvalue weighted by Crippen LogP contribution is 2.27. The lowest BCUT2D eigenvalue weighted by Crippen LogP contribution is -2.29. The van der Waals surface area contributed by atoms with Gasteiger partial charge in [-0.15, -0.1) is 0 Å². The number of rotatable bonds is 8. The summed E-state index contributed by atoms with van der Waals surface area (Å²) in [6.07, 6.45) is 3.93. The Labute approximate surface area is 149 Å². The average molecular weight is 341 g/mol. The van der Waals surface area contributed by atoms with Gasteiger partial charge in [0.1, 0.15) is 5.75 Å². The molecule has 2 aromatic carbocycles. The molecule has 0 atom stereocenters. The summed E-state index contributed by atoms with van der Waals surface area (Å²) >= 11 is 0. The highest BCUT2D eigenvalue weighted by atomic mass is 16.3. The Morgan fingerprint density at radius 1 is 0.880 bits per heavy atom. The van der Waals surface area contributed by atoms with Crippen LogP contribution in [0.4, 0.5) is 0 Å². The van der Waals surface area contributed by atoms with Gasteiger partial charge >= 0.3 is 0 Å². The Morgan fingerprint density at radius 3 is 2.16 bits per heavy atom. The molecule has 0 saturated heterocycles. The predicted molar refractivity (Wildman–Crippen MR) is 102 cm³/mol. The molecule has 0 aliphatic heterocycles. The van der Waals surface area contributed by atoms with Crippen molar-refractivity contribution in [2.45, 2.75) is 20.4 Å². The molecule has 3 N–H and O–H groups in total. The van der Waals surface area contributed by atoms with E-state index in [-0.39, 0.29) is 19.0 Å². The average Bonchev–Trinajstić information content (AvgIpc) is 2.58. The summed E-state index contributed by atoms with van der Waals surface area (Å²) in [7, 11) is 0. The van der Waals surface area contributed by atoms with Gasteiger partial charge in [0.05, 0.1) is 13.2 Å². The minimum absolute atomic E-state index is 0.0527. The van der Waals surface area contributed by atoms with Gasteiger partial charge in [0.25, 0.3) is 0 Å². The second-order valence-electron chi connectivity index (χ2n) is 6.26. The van der Waals surface area contributed by atoms with Gasteiger partial charge in [-0.1, -0.05) is 42.5 Å². The van der Waals surface area contributed by atoms with Crippen LogP contribution in [0.1, 0.15) is 27.8 Å². The zero-order valence-electron chi connectivity index (χ0n) is 14.9. The van der Waals surface area contributed by atoms with E-state index in [0.717, 1.165) is 22.3 Å². The molecule has 0 heterocycles. The van der Waals surface area contributed by atoms with Crippen molar-refractivity contribution in [2.75, 3.05) is 26.3 Å². The highest BCUT2D eigenvalue weighted by Gasteiger charge is 2.09. The predicted octanol–water partition coefficient (Wildman–Crippen LogP) is 2.97. The van der Waals surface area contributed by atoms with Crippen LogP contribution >= 0.6 is 0 Å². The van der Waals surface area contributed by atoms with Crippen LogP contribution < -0.4 is 0 Å². The molecule has 0 amide bonds. The fourth-order valence-corrected chi connectivity index (χ4v) is 2.87. The van der Waals surface area contributed by atoms with Crippen molar-refractivity contribution in [1.29, 1.82) is 0 Å². The van der Waals surface area contributed by atoms with Gasteiger partial charge in [-0.05, 0) is 42.2 Å². The molecular formula is C21H27NO3. The van der Waals surface area contributed by atoms with Crippen LogP contribution in [0.25, 0.3) is 12.2 Å². The molecule has 0 aliphatic rings. The third kappa shape index (κ3) is 5.43. The Morgan fingerprint density at radius 2 is 1.52 bits per heavy atom. The molecule has 0 aliphatic carbocycles. The molecule has 0 spiro atoms. The number of phenols is 1. The number of aromatic hydroxyl groups is 1. The maximum absolute atomic E-state index is 10.4. The number of aliphatic hydroxyl groups excluding tert-OH is 2. The number of aliphatic hydroxyl groups is 2. The van der Waals surface area contributed by atoms with E-state index in [2.05, 4.69) is 13.0 Å². The number of hydrogen-bond donors (Lipinski definition) is 3. The van der Waals surface area contributed by atoms with E-state index in [9.17, 15) is 5.11 Å². The second kappa shape index (κ2) is 9.37. The lowest BCUT2D eigenvalue weighted by molar-refractivity contribution is 0.156. The largest absolute Gasteiger partial charge is 0.507 e. The van der Waals surface area contributed by atoms with Gasteiger partial charge < -0.3 is 15.3 Å². The molecule has 0 fully saturated rings. The van der Waals surface area contributed by atoms with Crippen molar-refractivity contribution in [2.24, 2.45) is 0 Å². The number of nitrogens with zero attached hydrogens (tertiary/aromatic N) is 1. The highest BCUT2D eigenvalue weighted by molar-refractivity contribution is 5.74. The molecule has 0 aromatic heterocycles. The Balaban J connectivity index is 2.26. The first-order valence-electron chi connectivity index (χ1n) is 8.55. The summed E-state index contributed by atoms with van der Waals surface area (Å²) in [5, 5.41) is 28.7. The molecule has 4 nitrogen and oxygen atoms in total. The summed E-state index contributed by atoms with van der Waals surface area (Å²) in [5.74, 6) is 0.282. The smallest absolute Gasteiger partial charge is 0.125 e. The molecule has 134 valence electrons.